The second-order valence-corrected chi connectivity index (χ2v) is 5.91. The van der Waals surface area contributed by atoms with E-state index in [1.807, 2.05) is 30.3 Å². The highest BCUT2D eigenvalue weighted by Gasteiger charge is 2.11. The van der Waals surface area contributed by atoms with Crippen LogP contribution in [0.5, 0.6) is 5.75 Å². The van der Waals surface area contributed by atoms with E-state index >= 15 is 0 Å². The van der Waals surface area contributed by atoms with E-state index < -0.39 is 5.91 Å². The Morgan fingerprint density at radius 3 is 2.86 bits per heavy atom. The smallest absolute Gasteiger partial charge is 0.274 e. The van der Waals surface area contributed by atoms with E-state index in [4.69, 9.17) is 10.00 Å². The quantitative estimate of drug-likeness (QED) is 0.659. The molecule has 3 aromatic rings. The molecule has 7 nitrogen and oxygen atoms in total. The fraction of sp³-hybridized carbons (Fsp3) is 0.143. The average Bonchev–Trinajstić information content (AvgIpc) is 2.74. The van der Waals surface area contributed by atoms with Crippen molar-refractivity contribution in [2.75, 3.05) is 24.3 Å². The number of aromatic nitrogens is 2. The maximum atomic E-state index is 12.4. The summed E-state index contributed by atoms with van der Waals surface area (Å²) in [6, 6.07) is 18.2. The number of rotatable bonds is 7. The molecule has 0 saturated carbocycles. The molecule has 0 saturated heterocycles. The minimum absolute atomic E-state index is 0.214. The maximum Gasteiger partial charge on any atom is 0.274 e. The number of anilines is 2. The second kappa shape index (κ2) is 9.14. The summed E-state index contributed by atoms with van der Waals surface area (Å²) >= 11 is 0. The first-order valence-corrected chi connectivity index (χ1v) is 8.70. The van der Waals surface area contributed by atoms with Gasteiger partial charge in [-0.25, -0.2) is 9.97 Å². The number of benzene rings is 2. The molecule has 0 spiro atoms. The van der Waals surface area contributed by atoms with E-state index in [2.05, 4.69) is 20.6 Å². The monoisotopic (exact) mass is 373 g/mol. The van der Waals surface area contributed by atoms with Gasteiger partial charge in [-0.05, 0) is 42.3 Å². The zero-order valence-corrected chi connectivity index (χ0v) is 15.3. The van der Waals surface area contributed by atoms with Crippen molar-refractivity contribution in [2.24, 2.45) is 0 Å². The number of carbonyl (C=O) groups is 1. The lowest BCUT2D eigenvalue weighted by Gasteiger charge is -2.09. The van der Waals surface area contributed by atoms with E-state index in [0.29, 0.717) is 23.7 Å². The molecule has 3 rings (SSSR count). The summed E-state index contributed by atoms with van der Waals surface area (Å²) in [7, 11) is 1.64. The van der Waals surface area contributed by atoms with Gasteiger partial charge in [-0.3, -0.25) is 4.79 Å². The van der Waals surface area contributed by atoms with E-state index in [9.17, 15) is 4.79 Å². The zero-order chi connectivity index (χ0) is 19.8. The fourth-order valence-corrected chi connectivity index (χ4v) is 2.59. The predicted molar refractivity (Wildman–Crippen MR) is 106 cm³/mol. The molecule has 0 aliphatic rings. The topological polar surface area (TPSA) is 99.9 Å². The molecule has 0 radical (unpaired) electrons. The van der Waals surface area contributed by atoms with Crippen LogP contribution in [0, 0.1) is 11.3 Å². The summed E-state index contributed by atoms with van der Waals surface area (Å²) in [6.07, 6.45) is 2.28. The van der Waals surface area contributed by atoms with Gasteiger partial charge in [0, 0.05) is 12.7 Å². The Bertz CT molecular complexity index is 1010. The largest absolute Gasteiger partial charge is 0.497 e. The Labute approximate surface area is 163 Å². The molecule has 0 fully saturated rings. The van der Waals surface area contributed by atoms with Crippen LogP contribution >= 0.6 is 0 Å². The van der Waals surface area contributed by atoms with Crippen molar-refractivity contribution in [3.8, 4) is 11.8 Å². The number of methoxy groups -OCH3 is 1. The Morgan fingerprint density at radius 2 is 2.04 bits per heavy atom. The number of carbonyl (C=O) groups excluding carboxylic acids is 1. The number of para-hydroxylation sites is 1. The lowest BCUT2D eigenvalue weighted by molar-refractivity contribution is 0.102. The van der Waals surface area contributed by atoms with Crippen molar-refractivity contribution < 1.29 is 9.53 Å². The average molecular weight is 373 g/mol. The lowest BCUT2D eigenvalue weighted by atomic mass is 10.1. The highest BCUT2D eigenvalue weighted by atomic mass is 16.5. The minimum Gasteiger partial charge on any atom is -0.497 e. The van der Waals surface area contributed by atoms with Crippen molar-refractivity contribution in [3.05, 3.63) is 77.6 Å². The van der Waals surface area contributed by atoms with Gasteiger partial charge in [-0.2, -0.15) is 5.26 Å². The van der Waals surface area contributed by atoms with Crippen LogP contribution in [0.1, 0.15) is 21.6 Å². The van der Waals surface area contributed by atoms with Crippen LogP contribution < -0.4 is 15.4 Å². The van der Waals surface area contributed by atoms with Crippen molar-refractivity contribution in [1.29, 1.82) is 5.26 Å². The first-order chi connectivity index (χ1) is 13.7. The Balaban J connectivity index is 1.61. The molecule has 7 heteroatoms. The molecular weight excluding hydrogens is 354 g/mol. The van der Waals surface area contributed by atoms with Crippen LogP contribution in [-0.4, -0.2) is 29.5 Å². The summed E-state index contributed by atoms with van der Waals surface area (Å²) in [5.41, 5.74) is 2.17. The van der Waals surface area contributed by atoms with Gasteiger partial charge in [0.2, 0.25) is 5.95 Å². The highest BCUT2D eigenvalue weighted by Crippen LogP contribution is 2.15. The van der Waals surface area contributed by atoms with Gasteiger partial charge in [-0.1, -0.05) is 24.3 Å². The van der Waals surface area contributed by atoms with Crippen LogP contribution in [-0.2, 0) is 6.42 Å². The SMILES string of the molecule is COc1cccc(CCNc2nccc(C(=O)Nc3ccccc3C#N)n2)c1. The third kappa shape index (κ3) is 4.83. The van der Waals surface area contributed by atoms with Crippen LogP contribution in [0.15, 0.2) is 60.8 Å². The maximum absolute atomic E-state index is 12.4. The summed E-state index contributed by atoms with van der Waals surface area (Å²) in [6.45, 7) is 0.607. The van der Waals surface area contributed by atoms with E-state index in [1.165, 1.54) is 12.3 Å². The van der Waals surface area contributed by atoms with E-state index in [1.54, 1.807) is 31.4 Å². The second-order valence-electron chi connectivity index (χ2n) is 5.91. The fourth-order valence-electron chi connectivity index (χ4n) is 2.59. The summed E-state index contributed by atoms with van der Waals surface area (Å²) in [5.74, 6) is 0.773. The number of nitrogens with one attached hydrogen (secondary N) is 2. The number of amides is 1. The van der Waals surface area contributed by atoms with E-state index in [0.717, 1.165) is 17.7 Å². The minimum atomic E-state index is -0.402. The van der Waals surface area contributed by atoms with Crippen molar-refractivity contribution in [2.45, 2.75) is 6.42 Å². The van der Waals surface area contributed by atoms with Crippen LogP contribution in [0.2, 0.25) is 0 Å². The van der Waals surface area contributed by atoms with Gasteiger partial charge >= 0.3 is 0 Å². The van der Waals surface area contributed by atoms with Gasteiger partial charge in [-0.15, -0.1) is 0 Å². The lowest BCUT2D eigenvalue weighted by Crippen LogP contribution is -2.16. The number of hydrogen-bond acceptors (Lipinski definition) is 6. The molecular formula is C21H19N5O2. The van der Waals surface area contributed by atoms with Crippen LogP contribution in [0.4, 0.5) is 11.6 Å². The third-order valence-corrected chi connectivity index (χ3v) is 4.01. The van der Waals surface area contributed by atoms with Gasteiger partial charge < -0.3 is 15.4 Å². The van der Waals surface area contributed by atoms with Crippen molar-refractivity contribution in [3.63, 3.8) is 0 Å². The van der Waals surface area contributed by atoms with Crippen molar-refractivity contribution >= 4 is 17.5 Å². The summed E-state index contributed by atoms with van der Waals surface area (Å²) in [4.78, 5) is 20.8. The van der Waals surface area contributed by atoms with Crippen molar-refractivity contribution in [1.82, 2.24) is 9.97 Å². The van der Waals surface area contributed by atoms with Gasteiger partial charge in [0.15, 0.2) is 0 Å². The number of nitrogens with zero attached hydrogens (tertiary/aromatic N) is 3. The number of ether oxygens (including phenoxy) is 1. The number of hydrogen-bond donors (Lipinski definition) is 2. The molecule has 0 aliphatic heterocycles. The van der Waals surface area contributed by atoms with Gasteiger partial charge in [0.1, 0.15) is 17.5 Å². The van der Waals surface area contributed by atoms with Gasteiger partial charge in [0.25, 0.3) is 5.91 Å². The Morgan fingerprint density at radius 1 is 1.18 bits per heavy atom. The molecule has 1 amide bonds. The molecule has 28 heavy (non-hydrogen) atoms. The molecule has 1 heterocycles. The predicted octanol–water partition coefficient (Wildman–Crippen LogP) is 3.26. The summed E-state index contributed by atoms with van der Waals surface area (Å²) < 4.78 is 5.22. The van der Waals surface area contributed by atoms with Gasteiger partial charge in [0.05, 0.1) is 18.4 Å². The van der Waals surface area contributed by atoms with E-state index in [-0.39, 0.29) is 5.69 Å². The number of nitriles is 1. The first-order valence-electron chi connectivity index (χ1n) is 8.70. The molecule has 0 unspecified atom stereocenters. The standard InChI is InChI=1S/C21H19N5O2/c1-28-17-7-4-5-15(13-17)9-11-23-21-24-12-10-19(26-21)20(27)25-18-8-3-2-6-16(18)14-22/h2-8,10,12-13H,9,11H2,1H3,(H,25,27)(H,23,24,26). The molecule has 2 aromatic carbocycles. The molecule has 0 bridgehead atoms. The molecule has 140 valence electrons. The molecule has 0 atom stereocenters. The Kier molecular flexibility index (Phi) is 6.16. The molecule has 1 aromatic heterocycles. The summed E-state index contributed by atoms with van der Waals surface area (Å²) in [5, 5.41) is 14.9. The molecule has 2 N–H and O–H groups in total. The molecule has 0 aliphatic carbocycles. The third-order valence-electron chi connectivity index (χ3n) is 4.01. The zero-order valence-electron chi connectivity index (χ0n) is 15.3. The highest BCUT2D eigenvalue weighted by molar-refractivity contribution is 6.03. The first kappa shape index (κ1) is 18.9. The van der Waals surface area contributed by atoms with Crippen LogP contribution in [0.25, 0.3) is 0 Å². The normalized spacial score (nSPS) is 10.0. The van der Waals surface area contributed by atoms with Crippen LogP contribution in [0.3, 0.4) is 0 Å². The Hall–Kier alpha value is -3.92.